The van der Waals surface area contributed by atoms with Crippen molar-refractivity contribution in [3.05, 3.63) is 53.1 Å². The number of aromatic nitrogens is 2. The summed E-state index contributed by atoms with van der Waals surface area (Å²) in [5.41, 5.74) is 1.70. The van der Waals surface area contributed by atoms with Crippen molar-refractivity contribution in [1.29, 1.82) is 0 Å². The summed E-state index contributed by atoms with van der Waals surface area (Å²) in [6.45, 7) is 0.901. The van der Waals surface area contributed by atoms with Gasteiger partial charge in [-0.3, -0.25) is 4.21 Å². The number of hydrogen-bond acceptors (Lipinski definition) is 7. The Kier molecular flexibility index (Phi) is 5.96. The smallest absolute Gasteiger partial charge is 0.228 e. The van der Waals surface area contributed by atoms with Gasteiger partial charge in [0.15, 0.2) is 0 Å². The second kappa shape index (κ2) is 8.62. The first-order chi connectivity index (χ1) is 14.0. The van der Waals surface area contributed by atoms with Crippen molar-refractivity contribution in [2.45, 2.75) is 17.5 Å². The van der Waals surface area contributed by atoms with Crippen molar-refractivity contribution in [3.63, 3.8) is 0 Å². The Morgan fingerprint density at radius 2 is 2.07 bits per heavy atom. The van der Waals surface area contributed by atoms with E-state index < -0.39 is 16.9 Å². The number of benzene rings is 2. The molecule has 0 amide bonds. The van der Waals surface area contributed by atoms with E-state index in [1.54, 1.807) is 12.1 Å². The highest BCUT2D eigenvalue weighted by molar-refractivity contribution is 7.85. The van der Waals surface area contributed by atoms with E-state index in [0.29, 0.717) is 41.1 Å². The SMILES string of the molecule is O=S1CCN(c2nc(NCC(O)CO)c3cc(Cl)ccc3n2)Cc2ccccc21. The Bertz CT molecular complexity index is 1070. The van der Waals surface area contributed by atoms with Crippen molar-refractivity contribution in [2.75, 3.05) is 35.7 Å². The number of anilines is 2. The van der Waals surface area contributed by atoms with E-state index in [0.717, 1.165) is 15.8 Å². The Balaban J connectivity index is 1.73. The van der Waals surface area contributed by atoms with Crippen LogP contribution in [0.4, 0.5) is 11.8 Å². The molecule has 0 bridgehead atoms. The third-order valence-electron chi connectivity index (χ3n) is 4.77. The fourth-order valence-electron chi connectivity index (χ4n) is 3.26. The van der Waals surface area contributed by atoms with E-state index in [1.807, 2.05) is 35.2 Å². The molecular weight excluding hydrogens is 412 g/mol. The van der Waals surface area contributed by atoms with Gasteiger partial charge in [-0.2, -0.15) is 4.98 Å². The van der Waals surface area contributed by atoms with Crippen LogP contribution in [0.3, 0.4) is 0 Å². The molecule has 7 nitrogen and oxygen atoms in total. The predicted octanol–water partition coefficient (Wildman–Crippen LogP) is 2.18. The average molecular weight is 433 g/mol. The minimum absolute atomic E-state index is 0.140. The number of aliphatic hydroxyl groups excluding tert-OH is 2. The molecule has 2 unspecified atom stereocenters. The Morgan fingerprint density at radius 3 is 2.90 bits per heavy atom. The van der Waals surface area contributed by atoms with Gasteiger partial charge in [-0.25, -0.2) is 4.98 Å². The lowest BCUT2D eigenvalue weighted by Gasteiger charge is -2.22. The van der Waals surface area contributed by atoms with Gasteiger partial charge in [-0.05, 0) is 29.8 Å². The second-order valence-corrected chi connectivity index (χ2v) is 8.81. The van der Waals surface area contributed by atoms with E-state index in [4.69, 9.17) is 21.7 Å². The van der Waals surface area contributed by atoms with Crippen LogP contribution in [0.15, 0.2) is 47.4 Å². The molecule has 0 radical (unpaired) electrons. The Hall–Kier alpha value is -2.26. The van der Waals surface area contributed by atoms with E-state index in [1.165, 1.54) is 0 Å². The Labute approximate surface area is 175 Å². The molecule has 1 aromatic heterocycles. The minimum Gasteiger partial charge on any atom is -0.394 e. The van der Waals surface area contributed by atoms with Gasteiger partial charge in [0.1, 0.15) is 5.82 Å². The number of halogens is 1. The first-order valence-electron chi connectivity index (χ1n) is 9.26. The lowest BCUT2D eigenvalue weighted by atomic mass is 10.2. The molecule has 3 aromatic rings. The molecule has 1 aliphatic heterocycles. The third kappa shape index (κ3) is 4.35. The summed E-state index contributed by atoms with van der Waals surface area (Å²) in [6.07, 6.45) is -0.907. The number of aliphatic hydroxyl groups is 2. The van der Waals surface area contributed by atoms with Crippen molar-refractivity contribution in [3.8, 4) is 0 Å². The lowest BCUT2D eigenvalue weighted by molar-refractivity contribution is 0.105. The molecule has 2 aromatic carbocycles. The summed E-state index contributed by atoms with van der Waals surface area (Å²) < 4.78 is 12.6. The average Bonchev–Trinajstić information content (AvgIpc) is 2.91. The lowest BCUT2D eigenvalue weighted by Crippen LogP contribution is -2.28. The molecule has 0 saturated carbocycles. The highest BCUT2D eigenvalue weighted by Crippen LogP contribution is 2.28. The van der Waals surface area contributed by atoms with E-state index in [-0.39, 0.29) is 13.2 Å². The van der Waals surface area contributed by atoms with Gasteiger partial charge in [-0.15, -0.1) is 0 Å². The number of nitrogens with zero attached hydrogens (tertiary/aromatic N) is 3. The van der Waals surface area contributed by atoms with E-state index >= 15 is 0 Å². The molecule has 4 rings (SSSR count). The van der Waals surface area contributed by atoms with Crippen molar-refractivity contribution < 1.29 is 14.4 Å². The molecule has 0 saturated heterocycles. The van der Waals surface area contributed by atoms with Gasteiger partial charge in [0.25, 0.3) is 0 Å². The molecule has 2 atom stereocenters. The summed E-state index contributed by atoms with van der Waals surface area (Å²) in [4.78, 5) is 12.2. The topological polar surface area (TPSA) is 98.6 Å². The van der Waals surface area contributed by atoms with Crippen LogP contribution in [0, 0.1) is 0 Å². The van der Waals surface area contributed by atoms with Crippen LogP contribution in [0.5, 0.6) is 0 Å². The molecule has 2 heterocycles. The third-order valence-corrected chi connectivity index (χ3v) is 6.45. The van der Waals surface area contributed by atoms with E-state index in [2.05, 4.69) is 10.3 Å². The number of rotatable bonds is 5. The number of nitrogens with one attached hydrogen (secondary N) is 1. The maximum atomic E-state index is 12.6. The molecule has 29 heavy (non-hydrogen) atoms. The minimum atomic E-state index is -1.06. The first-order valence-corrected chi connectivity index (χ1v) is 11.0. The molecule has 0 spiro atoms. The zero-order valence-electron chi connectivity index (χ0n) is 15.6. The zero-order valence-corrected chi connectivity index (χ0v) is 17.2. The molecule has 0 aliphatic carbocycles. The van der Waals surface area contributed by atoms with Crippen molar-refractivity contribution in [2.24, 2.45) is 0 Å². The predicted molar refractivity (Wildman–Crippen MR) is 115 cm³/mol. The van der Waals surface area contributed by atoms with Crippen LogP contribution < -0.4 is 10.2 Å². The molecule has 3 N–H and O–H groups in total. The summed E-state index contributed by atoms with van der Waals surface area (Å²) in [6, 6.07) is 13.1. The largest absolute Gasteiger partial charge is 0.394 e. The van der Waals surface area contributed by atoms with Crippen LogP contribution in [-0.4, -0.2) is 55.9 Å². The van der Waals surface area contributed by atoms with Crippen molar-refractivity contribution >= 4 is 45.1 Å². The molecule has 1 aliphatic rings. The quantitative estimate of drug-likeness (QED) is 0.568. The number of hydrogen-bond donors (Lipinski definition) is 3. The van der Waals surface area contributed by atoms with Crippen LogP contribution >= 0.6 is 11.6 Å². The van der Waals surface area contributed by atoms with Crippen molar-refractivity contribution in [1.82, 2.24) is 9.97 Å². The fourth-order valence-corrected chi connectivity index (χ4v) is 4.69. The van der Waals surface area contributed by atoms with Crippen LogP contribution in [-0.2, 0) is 17.3 Å². The first kappa shape index (κ1) is 20.0. The van der Waals surface area contributed by atoms with Gasteiger partial charge in [-0.1, -0.05) is 29.8 Å². The Morgan fingerprint density at radius 1 is 1.24 bits per heavy atom. The summed E-state index contributed by atoms with van der Waals surface area (Å²) in [5.74, 6) is 1.53. The summed E-state index contributed by atoms with van der Waals surface area (Å²) in [7, 11) is -1.06. The number of fused-ring (bicyclic) bond motifs is 2. The maximum absolute atomic E-state index is 12.6. The maximum Gasteiger partial charge on any atom is 0.228 e. The van der Waals surface area contributed by atoms with Gasteiger partial charge in [0.05, 0.1) is 29.0 Å². The summed E-state index contributed by atoms with van der Waals surface area (Å²) in [5, 5.41) is 23.2. The molecule has 0 fully saturated rings. The normalized spacial score (nSPS) is 17.6. The highest BCUT2D eigenvalue weighted by Gasteiger charge is 2.22. The molecular formula is C20H21ClN4O3S. The second-order valence-electron chi connectivity index (χ2n) is 6.83. The van der Waals surface area contributed by atoms with E-state index in [9.17, 15) is 9.32 Å². The van der Waals surface area contributed by atoms with Gasteiger partial charge >= 0.3 is 0 Å². The highest BCUT2D eigenvalue weighted by atomic mass is 35.5. The monoisotopic (exact) mass is 432 g/mol. The molecule has 152 valence electrons. The van der Waals surface area contributed by atoms with Gasteiger partial charge in [0.2, 0.25) is 5.95 Å². The molecule has 9 heteroatoms. The van der Waals surface area contributed by atoms with Gasteiger partial charge < -0.3 is 20.4 Å². The zero-order chi connectivity index (χ0) is 20.4. The van der Waals surface area contributed by atoms with Gasteiger partial charge in [0, 0.05) is 40.7 Å². The standard InChI is InChI=1S/C20H21ClN4O3S/c21-14-5-6-17-16(9-14)19(22-10-15(27)12-26)24-20(23-17)25-7-8-29(28)18-4-2-1-3-13(18)11-25/h1-6,9,15,26-27H,7-8,10-12H2,(H,22,23,24). The summed E-state index contributed by atoms with van der Waals surface area (Å²) >= 11 is 6.15. The van der Waals surface area contributed by atoms with Crippen LogP contribution in [0.2, 0.25) is 5.02 Å². The fraction of sp³-hybridized carbons (Fsp3) is 0.300. The van der Waals surface area contributed by atoms with Crippen LogP contribution in [0.25, 0.3) is 10.9 Å². The van der Waals surface area contributed by atoms with Crippen LogP contribution in [0.1, 0.15) is 5.56 Å².